The highest BCUT2D eigenvalue weighted by molar-refractivity contribution is 14.1. The van der Waals surface area contributed by atoms with Crippen molar-refractivity contribution in [2.75, 3.05) is 0 Å². The van der Waals surface area contributed by atoms with E-state index < -0.39 is 6.03 Å². The Morgan fingerprint density at radius 2 is 2.09 bits per heavy atom. The number of nitrogens with two attached hydrogens (primary N) is 1. The van der Waals surface area contributed by atoms with E-state index >= 15 is 0 Å². The van der Waals surface area contributed by atoms with Crippen molar-refractivity contribution >= 4 is 28.6 Å². The number of carbonyl (C=O) groups is 1. The Labute approximate surface area is 80.2 Å². The van der Waals surface area contributed by atoms with Gasteiger partial charge in [-0.2, -0.15) is 0 Å². The third-order valence-corrected chi connectivity index (χ3v) is 3.50. The Balaban J connectivity index is 2.35. The molecule has 0 radical (unpaired) electrons. The molecule has 3 N–H and O–H groups in total. The summed E-state index contributed by atoms with van der Waals surface area (Å²) in [6.07, 6.45) is 4.77. The molecule has 2 unspecified atom stereocenters. The zero-order chi connectivity index (χ0) is 8.27. The van der Waals surface area contributed by atoms with Gasteiger partial charge in [-0.25, -0.2) is 4.79 Å². The lowest BCUT2D eigenvalue weighted by Gasteiger charge is -2.27. The maximum atomic E-state index is 10.5. The number of rotatable bonds is 1. The molecule has 0 aliphatic heterocycles. The smallest absolute Gasteiger partial charge is 0.312 e. The second-order valence-corrected chi connectivity index (χ2v) is 4.52. The van der Waals surface area contributed by atoms with Gasteiger partial charge in [-0.15, -0.1) is 0 Å². The number of primary amides is 1. The van der Waals surface area contributed by atoms with Crippen LogP contribution in [-0.2, 0) is 0 Å². The highest BCUT2D eigenvalue weighted by atomic mass is 127. The van der Waals surface area contributed by atoms with Crippen molar-refractivity contribution in [2.45, 2.75) is 35.6 Å². The number of hydrogen-bond donors (Lipinski definition) is 2. The normalized spacial score (nSPS) is 31.4. The molecule has 1 aliphatic rings. The minimum absolute atomic E-state index is 0.307. The molecule has 3 nitrogen and oxygen atoms in total. The maximum absolute atomic E-state index is 10.5. The van der Waals surface area contributed by atoms with Crippen LogP contribution in [0.5, 0.6) is 0 Å². The number of carbonyl (C=O) groups excluding carboxylic acids is 1. The van der Waals surface area contributed by atoms with E-state index in [0.717, 1.165) is 6.42 Å². The van der Waals surface area contributed by atoms with Gasteiger partial charge in [0.15, 0.2) is 0 Å². The van der Waals surface area contributed by atoms with Crippen molar-refractivity contribution in [3.05, 3.63) is 0 Å². The van der Waals surface area contributed by atoms with Crippen molar-refractivity contribution in [1.29, 1.82) is 0 Å². The molecule has 1 fully saturated rings. The van der Waals surface area contributed by atoms with Crippen LogP contribution in [0.4, 0.5) is 4.79 Å². The summed E-state index contributed by atoms with van der Waals surface area (Å²) in [5.74, 6) is 0. The predicted octanol–water partition coefficient (Wildman–Crippen LogP) is 1.40. The molecule has 1 rings (SSSR count). The second kappa shape index (κ2) is 4.13. The molecule has 0 spiro atoms. The Morgan fingerprint density at radius 3 is 2.64 bits per heavy atom. The summed E-state index contributed by atoms with van der Waals surface area (Å²) in [7, 11) is 0. The van der Waals surface area contributed by atoms with Gasteiger partial charge in [-0.05, 0) is 12.8 Å². The molecular formula is C7H13IN2O. The molecule has 0 aromatic carbocycles. The molecule has 0 heterocycles. The lowest BCUT2D eigenvalue weighted by molar-refractivity contribution is 0.242. The number of hydrogen-bond acceptors (Lipinski definition) is 1. The van der Waals surface area contributed by atoms with Gasteiger partial charge in [0.2, 0.25) is 0 Å². The monoisotopic (exact) mass is 268 g/mol. The number of urea groups is 1. The molecule has 0 saturated heterocycles. The zero-order valence-electron chi connectivity index (χ0n) is 6.35. The van der Waals surface area contributed by atoms with Crippen LogP contribution in [0.3, 0.4) is 0 Å². The average molecular weight is 268 g/mol. The van der Waals surface area contributed by atoms with E-state index in [9.17, 15) is 4.79 Å². The van der Waals surface area contributed by atoms with Crippen LogP contribution in [0.25, 0.3) is 0 Å². The first-order valence-electron chi connectivity index (χ1n) is 3.90. The van der Waals surface area contributed by atoms with Crippen LogP contribution in [0.15, 0.2) is 0 Å². The quantitative estimate of drug-likeness (QED) is 0.548. The third-order valence-electron chi connectivity index (χ3n) is 2.01. The van der Waals surface area contributed by atoms with Crippen molar-refractivity contribution in [3.63, 3.8) is 0 Å². The minimum Gasteiger partial charge on any atom is -0.352 e. The number of amides is 2. The van der Waals surface area contributed by atoms with Crippen LogP contribution >= 0.6 is 22.6 Å². The fourth-order valence-electron chi connectivity index (χ4n) is 1.43. The Morgan fingerprint density at radius 1 is 1.45 bits per heavy atom. The van der Waals surface area contributed by atoms with E-state index in [1.54, 1.807) is 0 Å². The first kappa shape index (κ1) is 9.09. The Bertz CT molecular complexity index is 151. The van der Waals surface area contributed by atoms with E-state index in [0.29, 0.717) is 9.97 Å². The molecule has 2 amide bonds. The number of alkyl halides is 1. The first-order valence-corrected chi connectivity index (χ1v) is 5.15. The summed E-state index contributed by atoms with van der Waals surface area (Å²) in [5.41, 5.74) is 5.03. The van der Waals surface area contributed by atoms with Crippen molar-refractivity contribution in [1.82, 2.24) is 5.32 Å². The average Bonchev–Trinajstić information content (AvgIpc) is 1.93. The van der Waals surface area contributed by atoms with Crippen molar-refractivity contribution in [2.24, 2.45) is 5.73 Å². The van der Waals surface area contributed by atoms with Gasteiger partial charge in [0.05, 0.1) is 0 Å². The summed E-state index contributed by atoms with van der Waals surface area (Å²) in [6.45, 7) is 0. The molecule has 0 aromatic heterocycles. The molecule has 0 aromatic rings. The molecule has 11 heavy (non-hydrogen) atoms. The molecule has 0 bridgehead atoms. The van der Waals surface area contributed by atoms with Gasteiger partial charge >= 0.3 is 6.03 Å². The summed E-state index contributed by atoms with van der Waals surface area (Å²) in [4.78, 5) is 10.5. The van der Waals surface area contributed by atoms with Crippen LogP contribution in [-0.4, -0.2) is 16.0 Å². The molecule has 4 heteroatoms. The SMILES string of the molecule is NC(=O)NC1CCCCC1I. The van der Waals surface area contributed by atoms with Crippen LogP contribution in [0.1, 0.15) is 25.7 Å². The third kappa shape index (κ3) is 2.84. The van der Waals surface area contributed by atoms with Crippen LogP contribution < -0.4 is 11.1 Å². The molecule has 2 atom stereocenters. The fraction of sp³-hybridized carbons (Fsp3) is 0.857. The lowest BCUT2D eigenvalue weighted by Crippen LogP contribution is -2.44. The van der Waals surface area contributed by atoms with E-state index in [1.165, 1.54) is 19.3 Å². The summed E-state index contributed by atoms with van der Waals surface area (Å²) in [5, 5.41) is 2.76. The second-order valence-electron chi connectivity index (χ2n) is 2.92. The van der Waals surface area contributed by atoms with Crippen molar-refractivity contribution in [3.8, 4) is 0 Å². The standard InChI is InChI=1S/C7H13IN2O/c8-5-3-1-2-4-6(5)10-7(9)11/h5-6H,1-4H2,(H3,9,10,11). The van der Waals surface area contributed by atoms with E-state index in [1.807, 2.05) is 0 Å². The van der Waals surface area contributed by atoms with E-state index in [2.05, 4.69) is 27.9 Å². The largest absolute Gasteiger partial charge is 0.352 e. The van der Waals surface area contributed by atoms with Crippen LogP contribution in [0, 0.1) is 0 Å². The first-order chi connectivity index (χ1) is 5.20. The Hall–Kier alpha value is 0. The highest BCUT2D eigenvalue weighted by Crippen LogP contribution is 2.24. The molecular weight excluding hydrogens is 255 g/mol. The topological polar surface area (TPSA) is 55.1 Å². The predicted molar refractivity (Wildman–Crippen MR) is 52.8 cm³/mol. The summed E-state index contributed by atoms with van der Waals surface area (Å²) >= 11 is 2.38. The van der Waals surface area contributed by atoms with E-state index in [-0.39, 0.29) is 0 Å². The lowest BCUT2D eigenvalue weighted by atomic mass is 9.96. The van der Waals surface area contributed by atoms with Gasteiger partial charge in [0, 0.05) is 9.97 Å². The van der Waals surface area contributed by atoms with Crippen LogP contribution in [0.2, 0.25) is 0 Å². The minimum atomic E-state index is -0.390. The molecule has 1 saturated carbocycles. The molecule has 1 aliphatic carbocycles. The van der Waals surface area contributed by atoms with Crippen molar-refractivity contribution < 1.29 is 4.79 Å². The van der Waals surface area contributed by atoms with Gasteiger partial charge in [-0.3, -0.25) is 0 Å². The molecule has 64 valence electrons. The van der Waals surface area contributed by atoms with Gasteiger partial charge < -0.3 is 11.1 Å². The maximum Gasteiger partial charge on any atom is 0.312 e. The summed E-state index contributed by atoms with van der Waals surface area (Å²) in [6, 6.07) is -0.0829. The van der Waals surface area contributed by atoms with E-state index in [4.69, 9.17) is 5.73 Å². The fourth-order valence-corrected chi connectivity index (χ4v) is 2.41. The van der Waals surface area contributed by atoms with Gasteiger partial charge in [0.1, 0.15) is 0 Å². The number of nitrogens with one attached hydrogen (secondary N) is 1. The van der Waals surface area contributed by atoms with Gasteiger partial charge in [0.25, 0.3) is 0 Å². The number of halogens is 1. The summed E-state index contributed by atoms with van der Waals surface area (Å²) < 4.78 is 0.564. The zero-order valence-corrected chi connectivity index (χ0v) is 8.50. The van der Waals surface area contributed by atoms with Gasteiger partial charge in [-0.1, -0.05) is 35.4 Å². The Kier molecular flexibility index (Phi) is 3.42. The highest BCUT2D eigenvalue weighted by Gasteiger charge is 2.22.